The average Bonchev–Trinajstić information content (AvgIpc) is 2.96. The van der Waals surface area contributed by atoms with Crippen LogP contribution in [0.15, 0.2) is 101 Å². The first kappa shape index (κ1) is 27.5. The van der Waals surface area contributed by atoms with Crippen LogP contribution < -0.4 is 10.3 Å². The second-order valence-electron chi connectivity index (χ2n) is 8.79. The van der Waals surface area contributed by atoms with Gasteiger partial charge in [-0.15, -0.1) is 0 Å². The van der Waals surface area contributed by atoms with Crippen molar-refractivity contribution in [2.45, 2.75) is 12.8 Å². The molecule has 0 radical (unpaired) electrons. The molecule has 0 amide bonds. The summed E-state index contributed by atoms with van der Waals surface area (Å²) in [4.78, 5) is 28.1. The van der Waals surface area contributed by atoms with Gasteiger partial charge in [-0.05, 0) is 65.7 Å². The molecule has 5 rings (SSSR count). The highest BCUT2D eigenvalue weighted by molar-refractivity contribution is 6.32. The summed E-state index contributed by atoms with van der Waals surface area (Å²) >= 11 is 6.38. The van der Waals surface area contributed by atoms with Crippen LogP contribution in [-0.2, 0) is 12.8 Å². The molecule has 0 saturated heterocycles. The third-order valence-electron chi connectivity index (χ3n) is 6.02. The molecule has 1 heterocycles. The Bertz CT molecular complexity index is 1850. The number of nitrogens with zero attached hydrogens (tertiary/aromatic N) is 4. The van der Waals surface area contributed by atoms with Crippen molar-refractivity contribution in [2.24, 2.45) is 5.10 Å². The number of benzene rings is 4. The molecule has 12 heteroatoms. The predicted octanol–water partition coefficient (Wildman–Crippen LogP) is 7.11. The number of ether oxygens (including phenoxy) is 1. The summed E-state index contributed by atoms with van der Waals surface area (Å²) in [5.41, 5.74) is 0.0712. The number of hydrogen-bond donors (Lipinski definition) is 0. The Morgan fingerprint density at radius 1 is 1.00 bits per heavy atom. The molecule has 4 aromatic carbocycles. The molecule has 206 valence electrons. The summed E-state index contributed by atoms with van der Waals surface area (Å²) in [6.45, 7) is 0.115. The van der Waals surface area contributed by atoms with Gasteiger partial charge in [-0.2, -0.15) is 22.9 Å². The van der Waals surface area contributed by atoms with Crippen LogP contribution in [0.3, 0.4) is 0 Å². The van der Waals surface area contributed by atoms with Gasteiger partial charge < -0.3 is 4.74 Å². The van der Waals surface area contributed by atoms with Crippen LogP contribution >= 0.6 is 11.6 Å². The van der Waals surface area contributed by atoms with Crippen molar-refractivity contribution in [3.05, 3.63) is 133 Å². The van der Waals surface area contributed by atoms with Gasteiger partial charge in [-0.3, -0.25) is 14.9 Å². The first-order chi connectivity index (χ1) is 19.6. The third kappa shape index (κ3) is 6.10. The summed E-state index contributed by atoms with van der Waals surface area (Å²) in [6.07, 6.45) is -3.25. The molecular weight excluding hydrogens is 561 g/mol. The Morgan fingerprint density at radius 3 is 2.46 bits per heavy atom. The number of rotatable bonds is 7. The average molecular weight is 579 g/mol. The van der Waals surface area contributed by atoms with Gasteiger partial charge >= 0.3 is 6.18 Å². The van der Waals surface area contributed by atoms with Gasteiger partial charge in [0.2, 0.25) is 0 Å². The molecular formula is C29H18ClF3N4O4. The zero-order valence-corrected chi connectivity index (χ0v) is 21.6. The molecule has 8 nitrogen and oxygen atoms in total. The van der Waals surface area contributed by atoms with Gasteiger partial charge in [0, 0.05) is 17.7 Å². The molecule has 5 aromatic rings. The van der Waals surface area contributed by atoms with Crippen molar-refractivity contribution in [1.29, 1.82) is 0 Å². The lowest BCUT2D eigenvalue weighted by Crippen LogP contribution is -2.20. The van der Waals surface area contributed by atoms with E-state index in [9.17, 15) is 28.1 Å². The highest BCUT2D eigenvalue weighted by Crippen LogP contribution is 2.32. The number of non-ortho nitro benzene ring substituents is 1. The lowest BCUT2D eigenvalue weighted by atomic mass is 10.1. The van der Waals surface area contributed by atoms with Crippen LogP contribution in [0, 0.1) is 10.1 Å². The predicted molar refractivity (Wildman–Crippen MR) is 148 cm³/mol. The maximum atomic E-state index is 13.4. The van der Waals surface area contributed by atoms with Crippen molar-refractivity contribution >= 4 is 34.4 Å². The van der Waals surface area contributed by atoms with Crippen molar-refractivity contribution in [3.8, 4) is 17.1 Å². The van der Waals surface area contributed by atoms with Gasteiger partial charge in [0.15, 0.2) is 5.82 Å². The number of aromatic nitrogens is 2. The number of nitro benzene ring substituents is 1. The van der Waals surface area contributed by atoms with Gasteiger partial charge in [-0.25, -0.2) is 4.98 Å². The Kier molecular flexibility index (Phi) is 7.54. The second-order valence-corrected chi connectivity index (χ2v) is 9.20. The first-order valence-corrected chi connectivity index (χ1v) is 12.4. The van der Waals surface area contributed by atoms with Gasteiger partial charge in [0.1, 0.15) is 12.4 Å². The fourth-order valence-electron chi connectivity index (χ4n) is 3.97. The van der Waals surface area contributed by atoms with Gasteiger partial charge in [0.05, 0.1) is 32.6 Å². The quantitative estimate of drug-likeness (QED) is 0.116. The number of nitro groups is 1. The van der Waals surface area contributed by atoms with Crippen LogP contribution in [0.2, 0.25) is 5.02 Å². The summed E-state index contributed by atoms with van der Waals surface area (Å²) in [5.74, 6) is 0.279. The van der Waals surface area contributed by atoms with Crippen LogP contribution in [0.25, 0.3) is 22.3 Å². The van der Waals surface area contributed by atoms with E-state index in [1.54, 1.807) is 54.6 Å². The largest absolute Gasteiger partial charge is 0.487 e. The van der Waals surface area contributed by atoms with E-state index in [1.165, 1.54) is 30.5 Å². The molecule has 1 aromatic heterocycles. The molecule has 0 bridgehead atoms. The van der Waals surface area contributed by atoms with E-state index in [4.69, 9.17) is 16.3 Å². The molecule has 41 heavy (non-hydrogen) atoms. The Labute approximate surface area is 235 Å². The molecule has 0 saturated carbocycles. The first-order valence-electron chi connectivity index (χ1n) is 12.0. The molecule has 0 aliphatic heterocycles. The maximum Gasteiger partial charge on any atom is 0.416 e. The molecule has 0 aliphatic carbocycles. The number of hydrogen-bond acceptors (Lipinski definition) is 6. The minimum Gasteiger partial charge on any atom is -0.487 e. The third-order valence-corrected chi connectivity index (χ3v) is 6.32. The minimum atomic E-state index is -4.58. The lowest BCUT2D eigenvalue weighted by Gasteiger charge is -2.12. The zero-order chi connectivity index (χ0) is 29.1. The normalized spacial score (nSPS) is 11.7. The van der Waals surface area contributed by atoms with Gasteiger partial charge in [-0.1, -0.05) is 35.9 Å². The van der Waals surface area contributed by atoms with Crippen LogP contribution in [0.5, 0.6) is 5.75 Å². The van der Waals surface area contributed by atoms with Crippen LogP contribution in [0.1, 0.15) is 16.7 Å². The van der Waals surface area contributed by atoms with E-state index in [0.29, 0.717) is 22.4 Å². The van der Waals surface area contributed by atoms with Crippen molar-refractivity contribution < 1.29 is 22.8 Å². The van der Waals surface area contributed by atoms with E-state index in [2.05, 4.69) is 10.1 Å². The molecule has 0 N–H and O–H groups in total. The topological polar surface area (TPSA) is 99.6 Å². The summed E-state index contributed by atoms with van der Waals surface area (Å²) in [5, 5.41) is 15.6. The Balaban J connectivity index is 1.45. The molecule has 0 fully saturated rings. The fourth-order valence-corrected chi connectivity index (χ4v) is 4.21. The molecule has 0 aliphatic rings. The van der Waals surface area contributed by atoms with E-state index >= 15 is 0 Å². The lowest BCUT2D eigenvalue weighted by molar-refractivity contribution is -0.384. The summed E-state index contributed by atoms with van der Waals surface area (Å²) in [7, 11) is 0. The number of para-hydroxylation sites is 1. The number of alkyl halides is 3. The fraction of sp³-hybridized carbons (Fsp3) is 0.0690. The highest BCUT2D eigenvalue weighted by atomic mass is 35.5. The van der Waals surface area contributed by atoms with Crippen molar-refractivity contribution in [2.75, 3.05) is 0 Å². The van der Waals surface area contributed by atoms with E-state index < -0.39 is 22.2 Å². The maximum absolute atomic E-state index is 13.4. The highest BCUT2D eigenvalue weighted by Gasteiger charge is 2.31. The molecule has 0 unspecified atom stereocenters. The monoisotopic (exact) mass is 578 g/mol. The number of fused-ring (bicyclic) bond motifs is 1. The van der Waals surface area contributed by atoms with Gasteiger partial charge in [0.25, 0.3) is 11.2 Å². The SMILES string of the molecule is O=c1c2ccccc2nc(-c2cccc(C(F)(F)F)c2)n1N=Cc1ccc(OCc2ccc([N+](=O)[O-])cc2)c(Cl)c1. The van der Waals surface area contributed by atoms with E-state index in [-0.39, 0.29) is 34.1 Å². The van der Waals surface area contributed by atoms with Crippen molar-refractivity contribution in [1.82, 2.24) is 9.66 Å². The number of halogens is 4. The minimum absolute atomic E-state index is 0.0349. The second kappa shape index (κ2) is 11.2. The Morgan fingerprint density at radius 2 is 1.76 bits per heavy atom. The molecule has 0 spiro atoms. The Hall–Kier alpha value is -5.03. The summed E-state index contributed by atoms with van der Waals surface area (Å²) in [6, 6.07) is 21.6. The molecule has 0 atom stereocenters. The van der Waals surface area contributed by atoms with Crippen LogP contribution in [-0.4, -0.2) is 20.8 Å². The van der Waals surface area contributed by atoms with E-state index in [1.807, 2.05) is 0 Å². The zero-order valence-electron chi connectivity index (χ0n) is 20.9. The van der Waals surface area contributed by atoms with Crippen LogP contribution in [0.4, 0.5) is 18.9 Å². The standard InChI is InChI=1S/C29H18ClF3N4O4/c30-24-14-19(10-13-26(24)41-17-18-8-11-22(12-9-18)37(39)40)16-34-36-27(20-4-3-5-21(15-20)29(31,32)33)35-25-7-2-1-6-23(25)28(36)38/h1-16H,17H2. The summed E-state index contributed by atoms with van der Waals surface area (Å²) < 4.78 is 46.8. The smallest absolute Gasteiger partial charge is 0.416 e. The van der Waals surface area contributed by atoms with Crippen molar-refractivity contribution in [3.63, 3.8) is 0 Å². The van der Waals surface area contributed by atoms with E-state index in [0.717, 1.165) is 16.8 Å².